The summed E-state index contributed by atoms with van der Waals surface area (Å²) in [6, 6.07) is 0. The second-order valence-electron chi connectivity index (χ2n) is 4.38. The first-order valence-electron chi connectivity index (χ1n) is 5.07. The average Bonchev–Trinajstić information content (AvgIpc) is 1.98. The van der Waals surface area contributed by atoms with Gasteiger partial charge in [0.1, 0.15) is 0 Å². The SMILES string of the molecule is CCOC(CC)(CC)C(C)(C)C.[PbH2]. The Morgan fingerprint density at radius 2 is 1.31 bits per heavy atom. The predicted octanol–water partition coefficient (Wildman–Crippen LogP) is 2.71. The molecule has 0 aromatic heterocycles. The molecule has 0 N–H and O–H groups in total. The summed E-state index contributed by atoms with van der Waals surface area (Å²) in [4.78, 5) is 0. The van der Waals surface area contributed by atoms with E-state index in [1.165, 1.54) is 0 Å². The fraction of sp³-hybridized carbons (Fsp3) is 1.00. The molecule has 0 amide bonds. The van der Waals surface area contributed by atoms with Gasteiger partial charge >= 0.3 is 27.3 Å². The van der Waals surface area contributed by atoms with Crippen molar-refractivity contribution in [2.75, 3.05) is 6.61 Å². The van der Waals surface area contributed by atoms with E-state index in [-0.39, 0.29) is 38.3 Å². The molecule has 0 unspecified atom stereocenters. The van der Waals surface area contributed by atoms with Gasteiger partial charge in [0.15, 0.2) is 0 Å². The molecule has 0 aliphatic heterocycles. The Hall–Kier alpha value is 0.882. The van der Waals surface area contributed by atoms with Crippen molar-refractivity contribution in [3.05, 3.63) is 0 Å². The van der Waals surface area contributed by atoms with Crippen LogP contribution < -0.4 is 0 Å². The van der Waals surface area contributed by atoms with E-state index in [9.17, 15) is 0 Å². The number of hydrogen-bond donors (Lipinski definition) is 0. The Balaban J connectivity index is 0. The first-order valence-corrected chi connectivity index (χ1v) is 5.07. The first-order chi connectivity index (χ1) is 5.43. The van der Waals surface area contributed by atoms with Crippen molar-refractivity contribution < 1.29 is 4.74 Å². The van der Waals surface area contributed by atoms with Gasteiger partial charge in [-0.2, -0.15) is 0 Å². The molecule has 0 rings (SSSR count). The van der Waals surface area contributed by atoms with E-state index in [2.05, 4.69) is 41.5 Å². The zero-order chi connectivity index (χ0) is 9.83. The maximum atomic E-state index is 5.89. The zero-order valence-electron chi connectivity index (χ0n) is 10.2. The van der Waals surface area contributed by atoms with Crippen LogP contribution in [0.4, 0.5) is 0 Å². The summed E-state index contributed by atoms with van der Waals surface area (Å²) >= 11 is 0. The van der Waals surface area contributed by atoms with E-state index < -0.39 is 0 Å². The van der Waals surface area contributed by atoms with Crippen LogP contribution in [0.5, 0.6) is 0 Å². The van der Waals surface area contributed by atoms with E-state index >= 15 is 0 Å². The molecule has 0 heterocycles. The normalized spacial score (nSPS) is 12.5. The van der Waals surface area contributed by atoms with Crippen LogP contribution in [-0.4, -0.2) is 39.5 Å². The molecule has 80 valence electrons. The summed E-state index contributed by atoms with van der Waals surface area (Å²) in [5.74, 6) is 0. The third-order valence-electron chi connectivity index (χ3n) is 2.93. The average molecular weight is 382 g/mol. The summed E-state index contributed by atoms with van der Waals surface area (Å²) in [7, 11) is 0. The van der Waals surface area contributed by atoms with Crippen molar-refractivity contribution in [1.82, 2.24) is 0 Å². The summed E-state index contributed by atoms with van der Waals surface area (Å²) in [6.45, 7) is 14.1. The molecule has 1 nitrogen and oxygen atoms in total. The van der Waals surface area contributed by atoms with Crippen LogP contribution in [0.2, 0.25) is 0 Å². The number of rotatable bonds is 4. The molecule has 0 atom stereocenters. The van der Waals surface area contributed by atoms with E-state index in [1.807, 2.05) is 0 Å². The van der Waals surface area contributed by atoms with E-state index in [1.54, 1.807) is 0 Å². The molecule has 0 aliphatic carbocycles. The van der Waals surface area contributed by atoms with Gasteiger partial charge in [-0.1, -0.05) is 34.6 Å². The van der Waals surface area contributed by atoms with Gasteiger partial charge in [-0.05, 0) is 25.2 Å². The molecule has 0 aliphatic rings. The minimum absolute atomic E-state index is 0. The molecule has 0 aromatic rings. The van der Waals surface area contributed by atoms with Gasteiger partial charge in [0.05, 0.1) is 5.60 Å². The second-order valence-corrected chi connectivity index (χ2v) is 4.38. The Morgan fingerprint density at radius 3 is 1.38 bits per heavy atom. The predicted molar refractivity (Wildman–Crippen MR) is 62.9 cm³/mol. The van der Waals surface area contributed by atoms with Crippen LogP contribution >= 0.6 is 0 Å². The maximum absolute atomic E-state index is 5.89. The Labute approximate surface area is 104 Å². The number of hydrogen-bond acceptors (Lipinski definition) is 1. The van der Waals surface area contributed by atoms with Crippen LogP contribution in [0.3, 0.4) is 0 Å². The minimum atomic E-state index is 0. The molecule has 0 spiro atoms. The summed E-state index contributed by atoms with van der Waals surface area (Å²) in [5, 5.41) is 0. The molecule has 13 heavy (non-hydrogen) atoms. The quantitative estimate of drug-likeness (QED) is 0.681. The monoisotopic (exact) mass is 382 g/mol. The first kappa shape index (κ1) is 16.3. The van der Waals surface area contributed by atoms with Gasteiger partial charge in [0.2, 0.25) is 0 Å². The van der Waals surface area contributed by atoms with Crippen LogP contribution in [-0.2, 0) is 4.74 Å². The van der Waals surface area contributed by atoms with Gasteiger partial charge in [-0.3, -0.25) is 0 Å². The van der Waals surface area contributed by atoms with Crippen molar-refractivity contribution in [3.8, 4) is 0 Å². The van der Waals surface area contributed by atoms with Crippen LogP contribution in [0.15, 0.2) is 0 Å². The molecule has 0 saturated heterocycles. The Morgan fingerprint density at radius 1 is 0.923 bits per heavy atom. The van der Waals surface area contributed by atoms with Gasteiger partial charge in [-0.15, -0.1) is 0 Å². The summed E-state index contributed by atoms with van der Waals surface area (Å²) in [6.07, 6.45) is 2.20. The van der Waals surface area contributed by atoms with E-state index in [4.69, 9.17) is 4.74 Å². The van der Waals surface area contributed by atoms with Crippen LogP contribution in [0, 0.1) is 5.41 Å². The van der Waals surface area contributed by atoms with Crippen LogP contribution in [0.25, 0.3) is 0 Å². The van der Waals surface area contributed by atoms with E-state index in [0.29, 0.717) is 0 Å². The molecule has 0 saturated carbocycles. The third-order valence-corrected chi connectivity index (χ3v) is 2.93. The molecule has 0 bridgehead atoms. The number of ether oxygens (including phenoxy) is 1. The molecule has 2 radical (unpaired) electrons. The molecular weight excluding hydrogens is 355 g/mol. The van der Waals surface area contributed by atoms with Crippen LogP contribution in [0.1, 0.15) is 54.4 Å². The molecule has 0 fully saturated rings. The fourth-order valence-electron chi connectivity index (χ4n) is 2.01. The van der Waals surface area contributed by atoms with Crippen molar-refractivity contribution in [2.24, 2.45) is 5.41 Å². The van der Waals surface area contributed by atoms with Crippen molar-refractivity contribution in [2.45, 2.75) is 60.0 Å². The van der Waals surface area contributed by atoms with Gasteiger partial charge in [0, 0.05) is 6.61 Å². The van der Waals surface area contributed by atoms with Crippen molar-refractivity contribution in [1.29, 1.82) is 0 Å². The van der Waals surface area contributed by atoms with Gasteiger partial charge in [-0.25, -0.2) is 0 Å². The Kier molecular flexibility index (Phi) is 8.01. The molecular formula is C11H26OPb. The Bertz CT molecular complexity index is 123. The third kappa shape index (κ3) is 3.86. The van der Waals surface area contributed by atoms with Gasteiger partial charge < -0.3 is 4.74 Å². The van der Waals surface area contributed by atoms with Gasteiger partial charge in [0.25, 0.3) is 0 Å². The zero-order valence-corrected chi connectivity index (χ0v) is 15.7. The molecule has 2 heteroatoms. The summed E-state index contributed by atoms with van der Waals surface area (Å²) < 4.78 is 5.89. The van der Waals surface area contributed by atoms with E-state index in [0.717, 1.165) is 19.4 Å². The molecule has 0 aromatic carbocycles. The van der Waals surface area contributed by atoms with Crippen molar-refractivity contribution >= 4 is 27.3 Å². The fourth-order valence-corrected chi connectivity index (χ4v) is 2.01. The second kappa shape index (κ2) is 6.38. The topological polar surface area (TPSA) is 9.23 Å². The standard InChI is InChI=1S/C11H24O.Pb.2H/c1-7-11(8-2,12-9-3)10(4,5)6;;;/h7-9H2,1-6H3;;;. The van der Waals surface area contributed by atoms with Crippen molar-refractivity contribution in [3.63, 3.8) is 0 Å². The summed E-state index contributed by atoms with van der Waals surface area (Å²) in [5.41, 5.74) is 0.314.